The molecule has 0 unspecified atom stereocenters. The molecule has 0 saturated heterocycles. The van der Waals surface area contributed by atoms with Gasteiger partial charge in [0.05, 0.1) is 12.7 Å². The first-order valence-corrected chi connectivity index (χ1v) is 11.1. The van der Waals surface area contributed by atoms with Crippen molar-refractivity contribution in [3.8, 4) is 11.5 Å². The van der Waals surface area contributed by atoms with Crippen LogP contribution in [0, 0.1) is 17.3 Å². The Kier molecular flexibility index (Phi) is 4.53. The van der Waals surface area contributed by atoms with Gasteiger partial charge in [-0.2, -0.15) is 0 Å². The maximum Gasteiger partial charge on any atom is 0.196 e. The van der Waals surface area contributed by atoms with Crippen LogP contribution in [0.3, 0.4) is 0 Å². The molecule has 3 aliphatic rings. The minimum atomic E-state index is -0.130. The molecule has 2 aromatic rings. The van der Waals surface area contributed by atoms with Crippen molar-refractivity contribution in [1.29, 1.82) is 0 Å². The lowest BCUT2D eigenvalue weighted by atomic mass is 9.55. The highest BCUT2D eigenvalue weighted by molar-refractivity contribution is 6.10. The first-order valence-electron chi connectivity index (χ1n) is 11.1. The van der Waals surface area contributed by atoms with Crippen LogP contribution in [0.15, 0.2) is 48.6 Å². The van der Waals surface area contributed by atoms with Gasteiger partial charge < -0.3 is 9.84 Å². The van der Waals surface area contributed by atoms with Crippen molar-refractivity contribution in [2.24, 2.45) is 17.3 Å². The zero-order chi connectivity index (χ0) is 21.0. The van der Waals surface area contributed by atoms with Crippen molar-refractivity contribution in [3.63, 3.8) is 0 Å². The summed E-state index contributed by atoms with van der Waals surface area (Å²) in [5, 5.41) is 10.7. The van der Waals surface area contributed by atoms with E-state index in [-0.39, 0.29) is 16.9 Å². The second-order valence-corrected chi connectivity index (χ2v) is 9.64. The Balaban J connectivity index is 1.50. The topological polar surface area (TPSA) is 46.5 Å². The molecule has 2 saturated carbocycles. The molecule has 30 heavy (non-hydrogen) atoms. The molecule has 0 aromatic heterocycles. The first-order chi connectivity index (χ1) is 14.4. The van der Waals surface area contributed by atoms with E-state index < -0.39 is 0 Å². The van der Waals surface area contributed by atoms with Gasteiger partial charge in [0.2, 0.25) is 0 Å². The average Bonchev–Trinajstić information content (AvgIpc) is 3.07. The highest BCUT2D eigenvalue weighted by atomic mass is 16.5. The molecule has 0 radical (unpaired) electrons. The van der Waals surface area contributed by atoms with Crippen LogP contribution in [0.2, 0.25) is 0 Å². The Morgan fingerprint density at radius 1 is 1.13 bits per heavy atom. The molecule has 2 aromatic carbocycles. The number of ketones is 1. The standard InChI is InChI=1S/C27H30O3/c1-16-4-11-24-21-10-7-18-14-25(28)23(15-22(18)20(21)12-13-27(16,24)2)26(29)17-5-8-19(30-3)9-6-17/h5-6,8-9,14-15,20-21,24,28H,1,4,7,10-13H2,2-3H3/t20-,21+,24-,27+/m0/s1. The summed E-state index contributed by atoms with van der Waals surface area (Å²) in [6.07, 6.45) is 6.90. The summed E-state index contributed by atoms with van der Waals surface area (Å²) < 4.78 is 5.20. The van der Waals surface area contributed by atoms with Gasteiger partial charge in [-0.05, 0) is 109 Å². The number of hydrogen-bond acceptors (Lipinski definition) is 3. The van der Waals surface area contributed by atoms with Crippen LogP contribution in [-0.2, 0) is 6.42 Å². The number of aryl methyl sites for hydroxylation is 1. The van der Waals surface area contributed by atoms with E-state index in [1.807, 2.05) is 12.1 Å². The number of carbonyl (C=O) groups is 1. The highest BCUT2D eigenvalue weighted by Gasteiger charge is 2.52. The molecule has 3 nitrogen and oxygen atoms in total. The molecular weight excluding hydrogens is 372 g/mol. The normalized spacial score (nSPS) is 29.7. The summed E-state index contributed by atoms with van der Waals surface area (Å²) in [5.41, 5.74) is 5.24. The fraction of sp³-hybridized carbons (Fsp3) is 0.444. The minimum Gasteiger partial charge on any atom is -0.507 e. The first kappa shape index (κ1) is 19.4. The molecule has 0 aliphatic heterocycles. The lowest BCUT2D eigenvalue weighted by Crippen LogP contribution is -2.40. The SMILES string of the molecule is C=C1CC[C@H]2[C@@H]3CCc4cc(O)c(C(=O)c5ccc(OC)cc5)cc4[C@H]3CC[C@]12C. The van der Waals surface area contributed by atoms with Crippen molar-refractivity contribution >= 4 is 5.78 Å². The van der Waals surface area contributed by atoms with Crippen LogP contribution in [0.5, 0.6) is 11.5 Å². The van der Waals surface area contributed by atoms with E-state index in [2.05, 4.69) is 13.5 Å². The Morgan fingerprint density at radius 3 is 2.63 bits per heavy atom. The van der Waals surface area contributed by atoms with Crippen molar-refractivity contribution < 1.29 is 14.6 Å². The molecule has 2 fully saturated rings. The average molecular weight is 403 g/mol. The third kappa shape index (κ3) is 2.82. The third-order valence-corrected chi connectivity index (χ3v) is 8.39. The summed E-state index contributed by atoms with van der Waals surface area (Å²) in [5.74, 6) is 2.53. The molecule has 4 atom stereocenters. The Hall–Kier alpha value is -2.55. The number of phenolic OH excluding ortho intramolecular Hbond substituents is 1. The fourth-order valence-corrected chi connectivity index (χ4v) is 6.59. The number of ether oxygens (including phenoxy) is 1. The van der Waals surface area contributed by atoms with Gasteiger partial charge in [0.1, 0.15) is 11.5 Å². The van der Waals surface area contributed by atoms with Crippen molar-refractivity contribution in [2.75, 3.05) is 7.11 Å². The number of hydrogen-bond donors (Lipinski definition) is 1. The van der Waals surface area contributed by atoms with Gasteiger partial charge in [0.25, 0.3) is 0 Å². The molecule has 0 amide bonds. The van der Waals surface area contributed by atoms with Crippen LogP contribution in [0.25, 0.3) is 0 Å². The molecule has 156 valence electrons. The van der Waals surface area contributed by atoms with E-state index in [1.165, 1.54) is 36.0 Å². The number of allylic oxidation sites excluding steroid dienone is 1. The minimum absolute atomic E-state index is 0.0999. The van der Waals surface area contributed by atoms with E-state index >= 15 is 0 Å². The number of aromatic hydroxyl groups is 1. The molecule has 5 rings (SSSR count). The molecule has 3 aliphatic carbocycles. The number of benzene rings is 2. The largest absolute Gasteiger partial charge is 0.507 e. The van der Waals surface area contributed by atoms with Gasteiger partial charge >= 0.3 is 0 Å². The lowest BCUT2D eigenvalue weighted by molar-refractivity contribution is 0.0815. The Morgan fingerprint density at radius 2 is 1.90 bits per heavy atom. The van der Waals surface area contributed by atoms with E-state index in [9.17, 15) is 9.90 Å². The van der Waals surface area contributed by atoms with Gasteiger partial charge in [-0.1, -0.05) is 19.1 Å². The second kappa shape index (κ2) is 7.01. The predicted octanol–water partition coefficient (Wildman–Crippen LogP) is 6.04. The summed E-state index contributed by atoms with van der Waals surface area (Å²) >= 11 is 0. The smallest absolute Gasteiger partial charge is 0.196 e. The second-order valence-electron chi connectivity index (χ2n) is 9.64. The van der Waals surface area contributed by atoms with Crippen molar-refractivity contribution in [1.82, 2.24) is 0 Å². The van der Waals surface area contributed by atoms with Crippen LogP contribution in [0.1, 0.15) is 72.0 Å². The molecular formula is C27H30O3. The number of rotatable bonds is 3. The van der Waals surface area contributed by atoms with Crippen LogP contribution < -0.4 is 4.74 Å². The summed E-state index contributed by atoms with van der Waals surface area (Å²) in [6, 6.07) is 10.9. The van der Waals surface area contributed by atoms with Crippen molar-refractivity contribution in [3.05, 3.63) is 70.8 Å². The number of phenols is 1. The summed E-state index contributed by atoms with van der Waals surface area (Å²) in [7, 11) is 1.61. The Labute approximate surface area is 178 Å². The number of carbonyl (C=O) groups excluding carboxylic acids is 1. The lowest BCUT2D eigenvalue weighted by Gasteiger charge is -2.49. The maximum absolute atomic E-state index is 13.2. The third-order valence-electron chi connectivity index (χ3n) is 8.39. The van der Waals surface area contributed by atoms with Gasteiger partial charge in [-0.25, -0.2) is 0 Å². The number of methoxy groups -OCH3 is 1. The van der Waals surface area contributed by atoms with Crippen LogP contribution in [0.4, 0.5) is 0 Å². The number of fused-ring (bicyclic) bond motifs is 5. The predicted molar refractivity (Wildman–Crippen MR) is 118 cm³/mol. The van der Waals surface area contributed by atoms with E-state index in [4.69, 9.17) is 4.74 Å². The van der Waals surface area contributed by atoms with E-state index in [0.717, 1.165) is 19.3 Å². The zero-order valence-corrected chi connectivity index (χ0v) is 17.9. The monoisotopic (exact) mass is 402 g/mol. The van der Waals surface area contributed by atoms with Gasteiger partial charge in [-0.3, -0.25) is 4.79 Å². The van der Waals surface area contributed by atoms with Crippen LogP contribution in [-0.4, -0.2) is 18.0 Å². The van der Waals surface area contributed by atoms with Crippen molar-refractivity contribution in [2.45, 2.75) is 51.4 Å². The van der Waals surface area contributed by atoms with E-state index in [1.54, 1.807) is 31.4 Å². The Bertz CT molecular complexity index is 1020. The maximum atomic E-state index is 13.2. The van der Waals surface area contributed by atoms with E-state index in [0.29, 0.717) is 34.6 Å². The molecule has 1 N–H and O–H groups in total. The summed E-state index contributed by atoms with van der Waals surface area (Å²) in [6.45, 7) is 6.83. The molecule has 0 bridgehead atoms. The fourth-order valence-electron chi connectivity index (χ4n) is 6.59. The van der Waals surface area contributed by atoms with Gasteiger partial charge in [0.15, 0.2) is 5.78 Å². The highest BCUT2D eigenvalue weighted by Crippen LogP contribution is 2.62. The molecule has 0 spiro atoms. The van der Waals surface area contributed by atoms with Gasteiger partial charge in [0, 0.05) is 5.56 Å². The quantitative estimate of drug-likeness (QED) is 0.502. The zero-order valence-electron chi connectivity index (χ0n) is 17.9. The van der Waals surface area contributed by atoms with Crippen LogP contribution >= 0.6 is 0 Å². The van der Waals surface area contributed by atoms with Gasteiger partial charge in [-0.15, -0.1) is 0 Å². The molecule has 0 heterocycles. The summed E-state index contributed by atoms with van der Waals surface area (Å²) in [4.78, 5) is 13.2. The molecule has 3 heteroatoms.